The molecule has 0 saturated heterocycles. The summed E-state index contributed by atoms with van der Waals surface area (Å²) in [5.74, 6) is 0.853. The van der Waals surface area contributed by atoms with E-state index in [0.29, 0.717) is 13.0 Å². The van der Waals surface area contributed by atoms with Crippen LogP contribution in [0.5, 0.6) is 5.75 Å². The highest BCUT2D eigenvalue weighted by atomic mass is 19.4. The lowest BCUT2D eigenvalue weighted by Crippen LogP contribution is -2.06. The zero-order chi connectivity index (χ0) is 14.8. The van der Waals surface area contributed by atoms with Crippen LogP contribution in [0.15, 0.2) is 24.3 Å². The van der Waals surface area contributed by atoms with Gasteiger partial charge in [-0.3, -0.25) is 0 Å². The lowest BCUT2D eigenvalue weighted by atomic mass is 10.1. The van der Waals surface area contributed by atoms with Gasteiger partial charge in [0.05, 0.1) is 6.61 Å². The minimum atomic E-state index is -4.02. The van der Waals surface area contributed by atoms with Crippen molar-refractivity contribution in [3.05, 3.63) is 29.8 Å². The summed E-state index contributed by atoms with van der Waals surface area (Å²) in [5.41, 5.74) is 1.13. The molecule has 0 N–H and O–H groups in total. The van der Waals surface area contributed by atoms with Crippen LogP contribution >= 0.6 is 0 Å². The minimum absolute atomic E-state index is 0.218. The maximum atomic E-state index is 12.0. The van der Waals surface area contributed by atoms with Gasteiger partial charge in [-0.15, -0.1) is 0 Å². The maximum Gasteiger partial charge on any atom is 0.389 e. The molecular formula is C16H23F3O. The van der Waals surface area contributed by atoms with E-state index in [1.54, 1.807) is 0 Å². The standard InChI is InChI=1S/C16H23F3O/c1-2-3-12-20-15-10-7-9-14(13-15)8-5-4-6-11-16(17,18)19/h7,9-10,13H,2-6,8,11-12H2,1H3. The fourth-order valence-corrected chi connectivity index (χ4v) is 1.96. The van der Waals surface area contributed by atoms with Crippen LogP contribution in [0, 0.1) is 0 Å². The summed E-state index contributed by atoms with van der Waals surface area (Å²) in [5, 5.41) is 0. The highest BCUT2D eigenvalue weighted by Gasteiger charge is 2.25. The summed E-state index contributed by atoms with van der Waals surface area (Å²) in [4.78, 5) is 0. The van der Waals surface area contributed by atoms with Crippen LogP contribution in [-0.4, -0.2) is 12.8 Å². The Balaban J connectivity index is 2.24. The molecule has 0 radical (unpaired) electrons. The van der Waals surface area contributed by atoms with Crippen LogP contribution in [-0.2, 0) is 6.42 Å². The number of rotatable bonds is 9. The third-order valence-electron chi connectivity index (χ3n) is 3.09. The summed E-state index contributed by atoms with van der Waals surface area (Å²) in [6.45, 7) is 2.83. The van der Waals surface area contributed by atoms with Gasteiger partial charge in [0, 0.05) is 6.42 Å². The van der Waals surface area contributed by atoms with Crippen molar-refractivity contribution in [1.29, 1.82) is 0 Å². The molecule has 0 saturated carbocycles. The predicted molar refractivity (Wildman–Crippen MR) is 75.1 cm³/mol. The van der Waals surface area contributed by atoms with Crippen molar-refractivity contribution in [1.82, 2.24) is 0 Å². The summed E-state index contributed by atoms with van der Waals surface area (Å²) in [6, 6.07) is 7.84. The second-order valence-corrected chi connectivity index (χ2v) is 5.03. The number of hydrogen-bond donors (Lipinski definition) is 0. The third-order valence-corrected chi connectivity index (χ3v) is 3.09. The second-order valence-electron chi connectivity index (χ2n) is 5.03. The molecule has 0 aliphatic rings. The molecule has 1 aromatic rings. The number of hydrogen-bond acceptors (Lipinski definition) is 1. The minimum Gasteiger partial charge on any atom is -0.494 e. The van der Waals surface area contributed by atoms with E-state index >= 15 is 0 Å². The van der Waals surface area contributed by atoms with Gasteiger partial charge in [-0.2, -0.15) is 13.2 Å². The van der Waals surface area contributed by atoms with Gasteiger partial charge < -0.3 is 4.74 Å². The summed E-state index contributed by atoms with van der Waals surface area (Å²) in [7, 11) is 0. The fourth-order valence-electron chi connectivity index (χ4n) is 1.96. The Labute approximate surface area is 119 Å². The molecule has 0 fully saturated rings. The highest BCUT2D eigenvalue weighted by Crippen LogP contribution is 2.23. The molecule has 0 aromatic heterocycles. The molecule has 4 heteroatoms. The van der Waals surface area contributed by atoms with Crippen molar-refractivity contribution >= 4 is 0 Å². The zero-order valence-electron chi connectivity index (χ0n) is 12.0. The number of benzene rings is 1. The Morgan fingerprint density at radius 1 is 1.05 bits per heavy atom. The van der Waals surface area contributed by atoms with E-state index in [1.807, 2.05) is 24.3 Å². The van der Waals surface area contributed by atoms with E-state index in [4.69, 9.17) is 4.74 Å². The lowest BCUT2D eigenvalue weighted by molar-refractivity contribution is -0.135. The first-order valence-electron chi connectivity index (χ1n) is 7.30. The Bertz CT molecular complexity index is 374. The van der Waals surface area contributed by atoms with E-state index in [1.165, 1.54) is 0 Å². The molecule has 114 valence electrons. The summed E-state index contributed by atoms with van der Waals surface area (Å²) in [6.07, 6.45) is -0.144. The molecule has 0 aliphatic heterocycles. The number of aryl methyl sites for hydroxylation is 1. The molecule has 0 heterocycles. The zero-order valence-corrected chi connectivity index (χ0v) is 12.0. The van der Waals surface area contributed by atoms with E-state index in [0.717, 1.165) is 37.0 Å². The van der Waals surface area contributed by atoms with Crippen molar-refractivity contribution in [3.63, 3.8) is 0 Å². The van der Waals surface area contributed by atoms with Crippen LogP contribution in [0.3, 0.4) is 0 Å². The van der Waals surface area contributed by atoms with Crippen molar-refractivity contribution in [2.45, 2.75) is 58.0 Å². The van der Waals surface area contributed by atoms with E-state index < -0.39 is 12.6 Å². The lowest BCUT2D eigenvalue weighted by Gasteiger charge is -2.08. The molecule has 0 aliphatic carbocycles. The van der Waals surface area contributed by atoms with Gasteiger partial charge in [-0.05, 0) is 43.4 Å². The molecular weight excluding hydrogens is 265 g/mol. The molecule has 20 heavy (non-hydrogen) atoms. The SMILES string of the molecule is CCCCOc1cccc(CCCCCC(F)(F)F)c1. The van der Waals surface area contributed by atoms with Gasteiger partial charge in [0.2, 0.25) is 0 Å². The smallest absolute Gasteiger partial charge is 0.389 e. The molecule has 0 bridgehead atoms. The summed E-state index contributed by atoms with van der Waals surface area (Å²) >= 11 is 0. The topological polar surface area (TPSA) is 9.23 Å². The fraction of sp³-hybridized carbons (Fsp3) is 0.625. The molecule has 1 aromatic carbocycles. The predicted octanol–water partition coefficient (Wildman–Crippen LogP) is 5.53. The highest BCUT2D eigenvalue weighted by molar-refractivity contribution is 5.28. The van der Waals surface area contributed by atoms with Gasteiger partial charge in [-0.1, -0.05) is 31.9 Å². The average Bonchev–Trinajstić information content (AvgIpc) is 2.38. The maximum absolute atomic E-state index is 12.0. The van der Waals surface area contributed by atoms with Gasteiger partial charge in [0.25, 0.3) is 0 Å². The van der Waals surface area contributed by atoms with Crippen LogP contribution < -0.4 is 4.74 Å². The molecule has 1 rings (SSSR count). The van der Waals surface area contributed by atoms with Crippen molar-refractivity contribution in [2.75, 3.05) is 6.61 Å². The Morgan fingerprint density at radius 2 is 1.85 bits per heavy atom. The second kappa shape index (κ2) is 8.88. The molecule has 0 atom stereocenters. The van der Waals surface area contributed by atoms with Gasteiger partial charge in [-0.25, -0.2) is 0 Å². The quantitative estimate of drug-likeness (QED) is 0.543. The first kappa shape index (κ1) is 16.9. The number of ether oxygens (including phenoxy) is 1. The Hall–Kier alpha value is -1.19. The molecule has 0 amide bonds. The first-order valence-corrected chi connectivity index (χ1v) is 7.30. The van der Waals surface area contributed by atoms with Crippen molar-refractivity contribution in [2.24, 2.45) is 0 Å². The van der Waals surface area contributed by atoms with Crippen LogP contribution in [0.25, 0.3) is 0 Å². The Morgan fingerprint density at radius 3 is 2.55 bits per heavy atom. The van der Waals surface area contributed by atoms with Crippen LogP contribution in [0.1, 0.15) is 51.0 Å². The number of alkyl halides is 3. The van der Waals surface area contributed by atoms with Gasteiger partial charge >= 0.3 is 6.18 Å². The number of unbranched alkanes of at least 4 members (excludes halogenated alkanes) is 3. The van der Waals surface area contributed by atoms with Crippen molar-refractivity contribution < 1.29 is 17.9 Å². The molecule has 1 nitrogen and oxygen atoms in total. The molecule has 0 spiro atoms. The Kier molecular flexibility index (Phi) is 7.48. The monoisotopic (exact) mass is 288 g/mol. The van der Waals surface area contributed by atoms with E-state index in [-0.39, 0.29) is 6.42 Å². The van der Waals surface area contributed by atoms with Crippen molar-refractivity contribution in [3.8, 4) is 5.75 Å². The average molecular weight is 288 g/mol. The summed E-state index contributed by atoms with van der Waals surface area (Å²) < 4.78 is 41.6. The number of halogens is 3. The van der Waals surface area contributed by atoms with Gasteiger partial charge in [0.15, 0.2) is 0 Å². The van der Waals surface area contributed by atoms with Gasteiger partial charge in [0.1, 0.15) is 5.75 Å². The van der Waals surface area contributed by atoms with E-state index in [2.05, 4.69) is 6.92 Å². The van der Waals surface area contributed by atoms with Crippen LogP contribution in [0.4, 0.5) is 13.2 Å². The first-order chi connectivity index (χ1) is 9.51. The third kappa shape index (κ3) is 8.08. The normalized spacial score (nSPS) is 11.6. The van der Waals surface area contributed by atoms with Crippen LogP contribution in [0.2, 0.25) is 0 Å². The van der Waals surface area contributed by atoms with E-state index in [9.17, 15) is 13.2 Å². The molecule has 0 unspecified atom stereocenters. The largest absolute Gasteiger partial charge is 0.494 e.